The number of halogens is 3. The number of carbonyl (C=O) groups is 2. The van der Waals surface area contributed by atoms with Crippen molar-refractivity contribution in [2.75, 3.05) is 30.8 Å². The van der Waals surface area contributed by atoms with E-state index in [9.17, 15) is 18.0 Å². The van der Waals surface area contributed by atoms with Crippen molar-refractivity contribution in [2.24, 2.45) is 0 Å². The third-order valence-electron chi connectivity index (χ3n) is 6.26. The minimum Gasteiger partial charge on any atom is -0.495 e. The molecular weight excluding hydrogens is 609 g/mol. The minimum atomic E-state index is -4.00. The highest BCUT2D eigenvalue weighted by Gasteiger charge is 2.34. The fraction of sp³-hybridized carbons (Fsp3) is 0.310. The smallest absolute Gasteiger partial charge is 0.244 e. The van der Waals surface area contributed by atoms with Crippen molar-refractivity contribution in [3.05, 3.63) is 92.9 Å². The van der Waals surface area contributed by atoms with E-state index in [2.05, 4.69) is 5.32 Å². The molecule has 0 radical (unpaired) electrons. The van der Waals surface area contributed by atoms with E-state index < -0.39 is 28.5 Å². The van der Waals surface area contributed by atoms with Crippen molar-refractivity contribution in [2.45, 2.75) is 32.4 Å². The molecule has 0 heterocycles. The number of amides is 2. The zero-order valence-electron chi connectivity index (χ0n) is 22.9. The number of ether oxygens (including phenoxy) is 1. The maximum atomic E-state index is 14.1. The normalized spacial score (nSPS) is 12.0. The fourth-order valence-electron chi connectivity index (χ4n) is 4.21. The second-order valence-corrected chi connectivity index (χ2v) is 12.5. The Balaban J connectivity index is 2.11. The Hall–Kier alpha value is -2.98. The van der Waals surface area contributed by atoms with Gasteiger partial charge in [-0.2, -0.15) is 0 Å². The maximum Gasteiger partial charge on any atom is 0.244 e. The monoisotopic (exact) mass is 639 g/mol. The fourth-order valence-corrected chi connectivity index (χ4v) is 5.69. The SMILES string of the molecule is CCCNC(=O)[C@@H](Cc1ccccc1)N(Cc1ccc(Cl)cc1Cl)C(=O)CN(c1cc(Cl)ccc1OC)S(C)(=O)=O. The van der Waals surface area contributed by atoms with Gasteiger partial charge in [-0.05, 0) is 47.9 Å². The van der Waals surface area contributed by atoms with Crippen LogP contribution in [0.2, 0.25) is 15.1 Å². The summed E-state index contributed by atoms with van der Waals surface area (Å²) >= 11 is 18.8. The standard InChI is InChI=1S/C29H32Cl3N3O5S/c1-4-14-33-29(37)26(15-20-8-6-5-7-9-20)34(18-21-10-11-22(30)16-24(21)32)28(36)19-35(41(3,38)39)25-17-23(31)12-13-27(25)40-2/h5-13,16-17,26H,4,14-15,18-19H2,1-3H3,(H,33,37)/t26-/m1/s1. The largest absolute Gasteiger partial charge is 0.495 e. The molecule has 41 heavy (non-hydrogen) atoms. The first kappa shape index (κ1) is 32.5. The summed E-state index contributed by atoms with van der Waals surface area (Å²) in [7, 11) is -2.61. The number of methoxy groups -OCH3 is 1. The summed E-state index contributed by atoms with van der Waals surface area (Å²) < 4.78 is 32.3. The summed E-state index contributed by atoms with van der Waals surface area (Å²) in [6.45, 7) is 1.64. The van der Waals surface area contributed by atoms with Crippen molar-refractivity contribution in [3.63, 3.8) is 0 Å². The molecule has 12 heteroatoms. The molecule has 0 aliphatic heterocycles. The molecule has 0 aliphatic carbocycles. The van der Waals surface area contributed by atoms with Crippen LogP contribution in [0.5, 0.6) is 5.75 Å². The van der Waals surface area contributed by atoms with Crippen molar-refractivity contribution >= 4 is 62.3 Å². The molecule has 220 valence electrons. The molecule has 1 N–H and O–H groups in total. The summed E-state index contributed by atoms with van der Waals surface area (Å²) in [5.41, 5.74) is 1.45. The lowest BCUT2D eigenvalue weighted by Crippen LogP contribution is -2.53. The third kappa shape index (κ3) is 9.00. The van der Waals surface area contributed by atoms with Gasteiger partial charge < -0.3 is 15.0 Å². The lowest BCUT2D eigenvalue weighted by atomic mass is 10.0. The topological polar surface area (TPSA) is 96.0 Å². The zero-order valence-corrected chi connectivity index (χ0v) is 26.0. The Labute approximate surface area is 256 Å². The van der Waals surface area contributed by atoms with Crippen LogP contribution in [0.15, 0.2) is 66.7 Å². The van der Waals surface area contributed by atoms with Crippen LogP contribution in [0, 0.1) is 0 Å². The summed E-state index contributed by atoms with van der Waals surface area (Å²) in [5, 5.41) is 3.86. The molecular formula is C29H32Cl3N3O5S. The molecule has 0 fully saturated rings. The number of hydrogen-bond donors (Lipinski definition) is 1. The number of anilines is 1. The highest BCUT2D eigenvalue weighted by molar-refractivity contribution is 7.92. The van der Waals surface area contributed by atoms with Crippen molar-refractivity contribution in [1.82, 2.24) is 10.2 Å². The van der Waals surface area contributed by atoms with Crippen LogP contribution in [0.3, 0.4) is 0 Å². The molecule has 0 bridgehead atoms. The van der Waals surface area contributed by atoms with Gasteiger partial charge in [-0.15, -0.1) is 0 Å². The summed E-state index contributed by atoms with van der Waals surface area (Å²) in [5.74, 6) is -0.794. The number of benzene rings is 3. The number of rotatable bonds is 13. The predicted molar refractivity (Wildman–Crippen MR) is 164 cm³/mol. The first-order valence-corrected chi connectivity index (χ1v) is 15.8. The lowest BCUT2D eigenvalue weighted by molar-refractivity contribution is -0.140. The van der Waals surface area contributed by atoms with E-state index in [-0.39, 0.29) is 35.3 Å². The van der Waals surface area contributed by atoms with Gasteiger partial charge >= 0.3 is 0 Å². The van der Waals surface area contributed by atoms with Gasteiger partial charge in [0.15, 0.2) is 0 Å². The van der Waals surface area contributed by atoms with Gasteiger partial charge in [0, 0.05) is 34.6 Å². The maximum absolute atomic E-state index is 14.1. The van der Waals surface area contributed by atoms with Gasteiger partial charge in [-0.25, -0.2) is 8.42 Å². The molecule has 0 saturated carbocycles. The third-order valence-corrected chi connectivity index (χ3v) is 8.21. The van der Waals surface area contributed by atoms with Gasteiger partial charge in [0.1, 0.15) is 18.3 Å². The first-order valence-electron chi connectivity index (χ1n) is 12.8. The van der Waals surface area contributed by atoms with Gasteiger partial charge in [0.25, 0.3) is 0 Å². The van der Waals surface area contributed by atoms with Gasteiger partial charge in [0.05, 0.1) is 19.1 Å². The highest BCUT2D eigenvalue weighted by Crippen LogP contribution is 2.33. The van der Waals surface area contributed by atoms with Crippen LogP contribution < -0.4 is 14.4 Å². The van der Waals surface area contributed by atoms with Crippen LogP contribution in [-0.4, -0.2) is 57.6 Å². The van der Waals surface area contributed by atoms with Crippen LogP contribution in [0.25, 0.3) is 0 Å². The predicted octanol–water partition coefficient (Wildman–Crippen LogP) is 5.59. The van der Waals surface area contributed by atoms with Crippen molar-refractivity contribution < 1.29 is 22.7 Å². The molecule has 0 aliphatic rings. The van der Waals surface area contributed by atoms with E-state index in [1.807, 2.05) is 37.3 Å². The summed E-state index contributed by atoms with van der Waals surface area (Å²) in [6.07, 6.45) is 1.86. The molecule has 3 aromatic rings. The van der Waals surface area contributed by atoms with Gasteiger partial charge in [-0.3, -0.25) is 13.9 Å². The van der Waals surface area contributed by atoms with Crippen molar-refractivity contribution in [1.29, 1.82) is 0 Å². The molecule has 8 nitrogen and oxygen atoms in total. The van der Waals surface area contributed by atoms with Crippen molar-refractivity contribution in [3.8, 4) is 5.75 Å². The molecule has 1 atom stereocenters. The lowest BCUT2D eigenvalue weighted by Gasteiger charge is -2.34. The quantitative estimate of drug-likeness (QED) is 0.263. The molecule has 3 rings (SSSR count). The second kappa shape index (κ2) is 14.8. The molecule has 0 unspecified atom stereocenters. The average molecular weight is 641 g/mol. The zero-order chi connectivity index (χ0) is 30.2. The Morgan fingerprint density at radius 1 is 0.976 bits per heavy atom. The van der Waals surface area contributed by atoms with E-state index >= 15 is 0 Å². The number of nitrogens with zero attached hydrogens (tertiary/aromatic N) is 2. The van der Waals surface area contributed by atoms with Crippen LogP contribution in [0.1, 0.15) is 24.5 Å². The Kier molecular flexibility index (Phi) is 11.7. The molecule has 0 saturated heterocycles. The minimum absolute atomic E-state index is 0.0733. The Morgan fingerprint density at radius 3 is 2.24 bits per heavy atom. The number of sulfonamides is 1. The van der Waals surface area contributed by atoms with E-state index in [1.165, 1.54) is 24.1 Å². The van der Waals surface area contributed by atoms with E-state index in [1.54, 1.807) is 24.3 Å². The molecule has 2 amide bonds. The number of carbonyl (C=O) groups excluding carboxylic acids is 2. The Bertz CT molecular complexity index is 1470. The van der Waals surface area contributed by atoms with E-state index in [0.29, 0.717) is 28.6 Å². The summed E-state index contributed by atoms with van der Waals surface area (Å²) in [4.78, 5) is 29.0. The molecule has 3 aromatic carbocycles. The van der Waals surface area contributed by atoms with Crippen LogP contribution in [-0.2, 0) is 32.6 Å². The summed E-state index contributed by atoms with van der Waals surface area (Å²) in [6, 6.07) is 17.6. The number of nitrogens with one attached hydrogen (secondary N) is 1. The first-order chi connectivity index (χ1) is 19.4. The van der Waals surface area contributed by atoms with Gasteiger partial charge in [-0.1, -0.05) is 78.1 Å². The number of hydrogen-bond acceptors (Lipinski definition) is 5. The molecule has 0 spiro atoms. The highest BCUT2D eigenvalue weighted by atomic mass is 35.5. The second-order valence-electron chi connectivity index (χ2n) is 9.34. The van der Waals surface area contributed by atoms with Gasteiger partial charge in [0.2, 0.25) is 21.8 Å². The molecule has 0 aromatic heterocycles. The average Bonchev–Trinajstić information content (AvgIpc) is 2.93. The van der Waals surface area contributed by atoms with E-state index in [4.69, 9.17) is 39.5 Å². The van der Waals surface area contributed by atoms with Crippen LogP contribution >= 0.6 is 34.8 Å². The van der Waals surface area contributed by atoms with Crippen LogP contribution in [0.4, 0.5) is 5.69 Å². The Morgan fingerprint density at radius 2 is 1.63 bits per heavy atom. The van der Waals surface area contributed by atoms with E-state index in [0.717, 1.165) is 16.1 Å².